The maximum Gasteiger partial charge on any atom is 0.334 e. The molecule has 2 fully saturated rings. The van der Waals surface area contributed by atoms with E-state index in [1.54, 1.807) is 18.8 Å². The number of aliphatic hydroxyl groups is 1. The Kier molecular flexibility index (Phi) is 67.9. The van der Waals surface area contributed by atoms with E-state index in [0.29, 0.717) is 28.5 Å². The van der Waals surface area contributed by atoms with Gasteiger partial charge in [0.05, 0.1) is 17.7 Å². The highest BCUT2D eigenvalue weighted by atomic mass is 35.5. The van der Waals surface area contributed by atoms with Crippen molar-refractivity contribution in [1.82, 2.24) is 30.8 Å². The van der Waals surface area contributed by atoms with Crippen LogP contribution in [-0.4, -0.2) is 155 Å². The first-order valence-corrected chi connectivity index (χ1v) is 54.0. The number of nitrogens with two attached hydrogens (primary N) is 1. The predicted octanol–water partition coefficient (Wildman–Crippen LogP) is 21.1. The number of carbonyl (C=O) groups excluding carboxylic acids is 2. The number of benzene rings is 8. The van der Waals surface area contributed by atoms with E-state index in [-0.39, 0.29) is 26.2 Å². The minimum absolute atomic E-state index is 0. The van der Waals surface area contributed by atoms with Gasteiger partial charge < -0.3 is 50.2 Å². The molecule has 2 amide bonds. The van der Waals surface area contributed by atoms with Gasteiger partial charge in [-0.2, -0.15) is 0 Å². The molecular weight excluding hydrogens is 1940 g/mol. The summed E-state index contributed by atoms with van der Waals surface area (Å²) in [6.45, 7) is 6.28. The molecule has 666 valence electrons. The molecule has 8 aromatic rings. The van der Waals surface area contributed by atoms with Crippen LogP contribution in [0.5, 0.6) is 0 Å². The molecule has 0 radical (unpaired) electrons. The van der Waals surface area contributed by atoms with E-state index in [2.05, 4.69) is 163 Å². The highest BCUT2D eigenvalue weighted by molar-refractivity contribution is 8.11. The van der Waals surface area contributed by atoms with Crippen LogP contribution in [0, 0.1) is 11.3 Å². The number of aliphatic hydroxyl groups excluding tert-OH is 1. The van der Waals surface area contributed by atoms with Gasteiger partial charge in [-0.15, -0.1) is 157 Å². The Balaban J connectivity index is -0.00000133. The second-order valence-corrected chi connectivity index (χ2v) is 57.6. The van der Waals surface area contributed by atoms with Crippen molar-refractivity contribution in [3.05, 3.63) is 287 Å². The van der Waals surface area contributed by atoms with Crippen LogP contribution in [0.15, 0.2) is 252 Å². The molecule has 10 N–H and O–H groups in total. The van der Waals surface area contributed by atoms with E-state index in [4.69, 9.17) is 70.5 Å². The Hall–Kier alpha value is -1.17. The summed E-state index contributed by atoms with van der Waals surface area (Å²) in [6, 6.07) is 75.9. The molecule has 0 bridgehead atoms. The van der Waals surface area contributed by atoms with E-state index >= 15 is 0 Å². The number of carbonyl (C=O) groups is 1. The molecule has 18 atom stereocenters. The topological polar surface area (TPSA) is 325 Å². The third-order valence-electron chi connectivity index (χ3n) is 15.3. The summed E-state index contributed by atoms with van der Waals surface area (Å²) in [5, 5.41) is 26.7. The molecule has 120 heavy (non-hydrogen) atoms. The fourth-order valence-corrected chi connectivity index (χ4v) is 18.7. The lowest BCUT2D eigenvalue weighted by Crippen LogP contribution is -2.39. The van der Waals surface area contributed by atoms with Gasteiger partial charge in [0.15, 0.2) is 21.6 Å². The molecule has 0 aliphatic carbocycles. The van der Waals surface area contributed by atoms with E-state index in [0.717, 1.165) is 65.8 Å². The van der Waals surface area contributed by atoms with Crippen LogP contribution < -0.4 is 22.5 Å². The van der Waals surface area contributed by atoms with Gasteiger partial charge in [-0.25, -0.2) is 19.5 Å². The first kappa shape index (κ1) is 123. The molecule has 3 heterocycles. The molecule has 3 aliphatic rings. The molecule has 8 aromatic carbocycles. The molecular formula is C75H123Cl2N10O13P19S. The number of nitrogens with one attached hydrogen (secondary N) is 3. The van der Waals surface area contributed by atoms with Crippen LogP contribution in [-0.2, 0) is 61.8 Å². The summed E-state index contributed by atoms with van der Waals surface area (Å²) in [6.07, 6.45) is 1.32. The van der Waals surface area contributed by atoms with E-state index < -0.39 is 53.0 Å². The molecule has 0 spiro atoms. The summed E-state index contributed by atoms with van der Waals surface area (Å²) in [4.78, 5) is 30.2. The van der Waals surface area contributed by atoms with Crippen molar-refractivity contribution in [1.29, 1.82) is 5.41 Å². The largest absolute Gasteiger partial charge is 0.400 e. The van der Waals surface area contributed by atoms with Gasteiger partial charge in [0, 0.05) is 77.7 Å². The Labute approximate surface area is 764 Å². The van der Waals surface area contributed by atoms with Gasteiger partial charge in [0.25, 0.3) is 0 Å². The monoisotopic (exact) mass is 2060 g/mol. The second-order valence-electron chi connectivity index (χ2n) is 23.9. The maximum atomic E-state index is 13.7. The van der Waals surface area contributed by atoms with Crippen LogP contribution in [0.3, 0.4) is 0 Å². The number of amides is 2. The summed E-state index contributed by atoms with van der Waals surface area (Å²) in [5.41, 5.74) is 13.2. The van der Waals surface area contributed by atoms with Crippen LogP contribution in [0.4, 0.5) is 4.79 Å². The molecule has 0 saturated carbocycles. The normalized spacial score (nSPS) is 17.0. The van der Waals surface area contributed by atoms with Crippen molar-refractivity contribution in [2.45, 2.75) is 43.6 Å². The lowest BCUT2D eigenvalue weighted by molar-refractivity contribution is -0.248. The van der Waals surface area contributed by atoms with Crippen molar-refractivity contribution >= 4 is 233 Å². The predicted molar refractivity (Wildman–Crippen MR) is 569 cm³/mol. The number of hydrogen-bond acceptors (Lipinski definition) is 19. The van der Waals surface area contributed by atoms with E-state index in [1.807, 2.05) is 263 Å². The number of alkyl halides is 2. The van der Waals surface area contributed by atoms with Crippen LogP contribution in [0.25, 0.3) is 0 Å². The van der Waals surface area contributed by atoms with Crippen LogP contribution in [0.2, 0.25) is 0 Å². The maximum absolute atomic E-state index is 13.7. The van der Waals surface area contributed by atoms with Crippen molar-refractivity contribution in [3.8, 4) is 0 Å². The van der Waals surface area contributed by atoms with Gasteiger partial charge in [0.2, 0.25) is 11.4 Å². The average molecular weight is 2060 g/mol. The number of isocyanates is 1. The quantitative estimate of drug-likeness (QED) is 0.00847. The number of guanidine groups is 1. The highest BCUT2D eigenvalue weighted by Crippen LogP contribution is 2.73. The average Bonchev–Trinajstić information content (AvgIpc) is 1.56. The number of urea groups is 1. The standard InChI is InChI=1S/C16H18N3O2P.C16H17N2O3P.C16H17N2O2PS.C13H11N.C4H10O2.C3H6NO3P.CH2Cl2.CH4O.CH9P5.CH8P4.CH7P3.CH6P2.CH5P.H3N/c1-19-15(17)18-16(22(19,20)21-2,13-9-5-3-6-10-13)14-11-7-4-8-12-14;1-18-15(19)17-16(22(18,20)21-2,13-9-5-3-6-10-13)14-11-7-4-8-12-14;1-18-15(22)17-16(21(18,19)20-2,13-9-5-3-6-10-13)14-11-7-4-8-12-14;14-13(11-7-3-1-4-8-11)12-9-5-2-6-10-12;1-4(2)3-6-5;1-6-8(7-2)4-3-5;2-1-3;1-2;2-1(3,4)6-5;2-1(3,4)5;2-1(3)4;2-1-3;1-2;/h3-12H,1-2H3,(H2,17,18);3-12H,1-2H3,(H,17,19);3-12H,1-2H3,(H,17,22);1-10,14H;4-5H,3H2,1-2H3;1-2H3;1H2;2H,1H3;6H,2-5H2;2-5H2;1H,2-4H2;1-3H2;2H2,1H3;1H3. The lowest BCUT2D eigenvalue weighted by atomic mass is 9.98. The number of rotatable bonds is 17. The smallest absolute Gasteiger partial charge is 0.334 e. The minimum atomic E-state index is -3.51. The fraction of sp³-hybridized carbons (Fsp3) is 0.293. The number of nitrogens with zero attached hydrogens (tertiary/aromatic N) is 5. The van der Waals surface area contributed by atoms with E-state index in [1.165, 1.54) is 58.0 Å². The molecule has 0 aromatic heterocycles. The summed E-state index contributed by atoms with van der Waals surface area (Å²) < 4.78 is 74.4. The number of halogens is 2. The van der Waals surface area contributed by atoms with Gasteiger partial charge in [-0.3, -0.25) is 38.4 Å². The second kappa shape index (κ2) is 66.2. The first-order valence-electron chi connectivity index (χ1n) is 35.1. The van der Waals surface area contributed by atoms with Gasteiger partial charge in [0.1, 0.15) is 0 Å². The van der Waals surface area contributed by atoms with E-state index in [9.17, 15) is 23.3 Å². The van der Waals surface area contributed by atoms with Crippen molar-refractivity contribution < 1.29 is 61.2 Å². The van der Waals surface area contributed by atoms with Crippen molar-refractivity contribution in [2.24, 2.45) is 21.4 Å². The third-order valence-corrected chi connectivity index (χ3v) is 32.0. The number of hydrogen-bond donors (Lipinski definition) is 7. The molecule has 3 aliphatic heterocycles. The Morgan fingerprint density at radius 2 is 0.833 bits per heavy atom. The Morgan fingerprint density at radius 3 is 1.05 bits per heavy atom. The molecule has 11 rings (SSSR count). The lowest BCUT2D eigenvalue weighted by Gasteiger charge is -2.35. The summed E-state index contributed by atoms with van der Waals surface area (Å²) in [7, 11) is 38.8. The molecule has 2 saturated heterocycles. The zero-order valence-electron chi connectivity index (χ0n) is 69.3. The highest BCUT2D eigenvalue weighted by Gasteiger charge is 2.64. The minimum Gasteiger partial charge on any atom is -0.400 e. The summed E-state index contributed by atoms with van der Waals surface area (Å²) in [5.74, 6) is 1.72. The zero-order chi connectivity index (χ0) is 91.3. The first-order chi connectivity index (χ1) is 56.3. The third kappa shape index (κ3) is 38.9. The zero-order valence-corrected chi connectivity index (χ0v) is 92.4. The Morgan fingerprint density at radius 1 is 0.583 bits per heavy atom. The molecule has 18 unspecified atom stereocenters. The molecule has 45 heteroatoms. The number of thiocarbonyl (C=S) groups is 1. The van der Waals surface area contributed by atoms with Gasteiger partial charge >= 0.3 is 37.1 Å². The fourth-order valence-electron chi connectivity index (χ4n) is 10.4. The number of aliphatic imine (C=N–C) groups is 1. The van der Waals surface area contributed by atoms with Gasteiger partial charge in [-0.1, -0.05) is 271 Å². The van der Waals surface area contributed by atoms with Crippen molar-refractivity contribution in [3.63, 3.8) is 0 Å². The summed E-state index contributed by atoms with van der Waals surface area (Å²) >= 11 is 14.9. The van der Waals surface area contributed by atoms with Crippen LogP contribution >= 0.6 is 204 Å². The van der Waals surface area contributed by atoms with Crippen molar-refractivity contribution in [2.75, 3.05) is 88.3 Å². The SMILES string of the molecule is CC(C)COO.CO.COP(N=C=O)OC.COP1(=O)N(C)C(=O)NC1(c1ccccc1)c1ccccc1.COP1(=O)N(C)C(=S)NC1(c1ccccc1)c1ccccc1.COP1(=O)N(C)C(N)=NC1(c1ccccc1)c1ccccc1.CP.ClCCl.N.N=C(c1ccccc1)c1ccccc1.PC(P)(P)P.PC(P)P.PCP.PPC(P)(P)P. The van der Waals surface area contributed by atoms with Gasteiger partial charge in [-0.05, 0) is 68.5 Å². The van der Waals surface area contributed by atoms with Crippen LogP contribution in [0.1, 0.15) is 58.4 Å². The molecule has 23 nitrogen and oxygen atoms in total. The Bertz CT molecular complexity index is 4030.